The van der Waals surface area contributed by atoms with Gasteiger partial charge in [-0.25, -0.2) is 0 Å². The number of fused-ring (bicyclic) bond motifs is 8. The Kier molecular flexibility index (Phi) is 4.94. The summed E-state index contributed by atoms with van der Waals surface area (Å²) in [4.78, 5) is 2.81. The van der Waals surface area contributed by atoms with E-state index in [2.05, 4.69) is 25.7 Å². The van der Waals surface area contributed by atoms with Crippen LogP contribution in [0.2, 0.25) is 0 Å². The van der Waals surface area contributed by atoms with E-state index in [-0.39, 0.29) is 29.5 Å². The van der Waals surface area contributed by atoms with Crippen molar-refractivity contribution in [2.75, 3.05) is 13.1 Å². The number of rotatable bonds is 0. The van der Waals surface area contributed by atoms with Crippen LogP contribution >= 0.6 is 0 Å². The summed E-state index contributed by atoms with van der Waals surface area (Å²) in [5, 5.41) is 33.8. The van der Waals surface area contributed by atoms with Crippen molar-refractivity contribution in [3.63, 3.8) is 0 Å². The van der Waals surface area contributed by atoms with Gasteiger partial charge < -0.3 is 15.3 Å². The Labute approximate surface area is 188 Å². The Bertz CT molecular complexity index is 713. The maximum atomic E-state index is 12.3. The second-order valence-electron chi connectivity index (χ2n) is 13.3. The molecule has 13 atom stereocenters. The molecule has 4 saturated carbocycles. The van der Waals surface area contributed by atoms with Gasteiger partial charge in [0.1, 0.15) is 0 Å². The molecule has 0 spiro atoms. The van der Waals surface area contributed by atoms with Crippen LogP contribution in [-0.2, 0) is 0 Å². The van der Waals surface area contributed by atoms with E-state index in [0.717, 1.165) is 62.3 Å². The summed E-state index contributed by atoms with van der Waals surface area (Å²) in [6.07, 6.45) is 8.78. The third kappa shape index (κ3) is 2.93. The lowest BCUT2D eigenvalue weighted by atomic mass is 9.50. The van der Waals surface area contributed by atoms with E-state index < -0.39 is 5.60 Å². The fourth-order valence-electron chi connectivity index (χ4n) is 10.6. The summed E-state index contributed by atoms with van der Waals surface area (Å²) in [6, 6.07) is 0.760. The standard InChI is InChI=1S/C27H45NO3/c1-15-4-5-24-16(2)18-7-9-27(31)20(19(18)14-28(24)13-15)11-21-22(27)12-25(30)23-10-17(29)6-8-26(21,23)3/h15-25,29-31H,4-14H2,1-3H3/t15-,16-,17+,18-,19-,20+,21+,22-,23-,24+,25+,26-,27+/m1/s1. The molecule has 4 nitrogen and oxygen atoms in total. The van der Waals surface area contributed by atoms with E-state index in [9.17, 15) is 15.3 Å². The van der Waals surface area contributed by atoms with Crippen molar-refractivity contribution in [1.29, 1.82) is 0 Å². The topological polar surface area (TPSA) is 63.9 Å². The van der Waals surface area contributed by atoms with Crippen LogP contribution in [0.15, 0.2) is 0 Å². The first-order valence-corrected chi connectivity index (χ1v) is 13.5. The van der Waals surface area contributed by atoms with E-state index in [0.29, 0.717) is 17.8 Å². The number of aliphatic hydroxyl groups excluding tert-OH is 2. The van der Waals surface area contributed by atoms with Gasteiger partial charge in [0, 0.05) is 19.1 Å². The molecule has 0 amide bonds. The lowest BCUT2D eigenvalue weighted by molar-refractivity contribution is -0.176. The van der Waals surface area contributed by atoms with Crippen LogP contribution in [-0.4, -0.2) is 57.2 Å². The largest absolute Gasteiger partial charge is 0.393 e. The molecule has 2 saturated heterocycles. The van der Waals surface area contributed by atoms with Gasteiger partial charge >= 0.3 is 0 Å². The zero-order chi connectivity index (χ0) is 21.7. The lowest BCUT2D eigenvalue weighted by Gasteiger charge is -2.59. The highest BCUT2D eigenvalue weighted by atomic mass is 16.3. The second-order valence-corrected chi connectivity index (χ2v) is 13.3. The Morgan fingerprint density at radius 3 is 2.39 bits per heavy atom. The summed E-state index contributed by atoms with van der Waals surface area (Å²) in [5.74, 6) is 4.30. The van der Waals surface area contributed by atoms with Crippen LogP contribution in [0.5, 0.6) is 0 Å². The fourth-order valence-corrected chi connectivity index (χ4v) is 10.6. The minimum absolute atomic E-state index is 0.0760. The molecule has 4 heteroatoms. The Morgan fingerprint density at radius 2 is 1.58 bits per heavy atom. The third-order valence-electron chi connectivity index (χ3n) is 12.1. The minimum Gasteiger partial charge on any atom is -0.393 e. The predicted octanol–water partition coefficient (Wildman–Crippen LogP) is 3.68. The number of nitrogens with zero attached hydrogens (tertiary/aromatic N) is 1. The van der Waals surface area contributed by atoms with Crippen molar-refractivity contribution in [2.24, 2.45) is 52.8 Å². The highest BCUT2D eigenvalue weighted by Crippen LogP contribution is 2.68. The normalized spacial score (nSPS) is 61.5. The lowest BCUT2D eigenvalue weighted by Crippen LogP contribution is -2.62. The molecule has 176 valence electrons. The van der Waals surface area contributed by atoms with Crippen LogP contribution in [0.25, 0.3) is 0 Å². The Balaban J connectivity index is 1.32. The van der Waals surface area contributed by atoms with Crippen molar-refractivity contribution < 1.29 is 15.3 Å². The molecule has 0 bridgehead atoms. The maximum absolute atomic E-state index is 12.3. The first-order chi connectivity index (χ1) is 14.7. The average molecular weight is 432 g/mol. The quantitative estimate of drug-likeness (QED) is 0.547. The van der Waals surface area contributed by atoms with Gasteiger partial charge in [-0.3, -0.25) is 4.90 Å². The van der Waals surface area contributed by atoms with E-state index in [4.69, 9.17) is 0 Å². The van der Waals surface area contributed by atoms with Gasteiger partial charge in [0.15, 0.2) is 0 Å². The van der Waals surface area contributed by atoms with Gasteiger partial charge in [0.05, 0.1) is 17.8 Å². The summed E-state index contributed by atoms with van der Waals surface area (Å²) < 4.78 is 0. The summed E-state index contributed by atoms with van der Waals surface area (Å²) in [5.41, 5.74) is -0.503. The molecule has 31 heavy (non-hydrogen) atoms. The molecule has 6 fully saturated rings. The number of hydrogen-bond donors (Lipinski definition) is 3. The van der Waals surface area contributed by atoms with Crippen molar-refractivity contribution in [1.82, 2.24) is 4.90 Å². The molecule has 6 rings (SSSR count). The molecule has 0 radical (unpaired) electrons. The van der Waals surface area contributed by atoms with Crippen molar-refractivity contribution in [3.8, 4) is 0 Å². The summed E-state index contributed by atoms with van der Waals surface area (Å²) >= 11 is 0. The zero-order valence-electron chi connectivity index (χ0n) is 19.9. The van der Waals surface area contributed by atoms with Gasteiger partial charge in [-0.05, 0) is 111 Å². The SMILES string of the molecule is C[C@@H]1CC[C@H]2[C@H](C)[C@H]3CC[C@@]4(O)[C@@H]5C[C@H](O)[C@H]6C[C@@H](O)CC[C@]6(C)[C@H]5C[C@H]4[C@@H]3CN2C1. The first kappa shape index (κ1) is 21.4. The smallest absolute Gasteiger partial charge is 0.0711 e. The number of piperidine rings is 2. The molecule has 6 aliphatic rings. The van der Waals surface area contributed by atoms with Gasteiger partial charge in [0.2, 0.25) is 0 Å². The molecular formula is C27H45NO3. The van der Waals surface area contributed by atoms with Crippen molar-refractivity contribution >= 4 is 0 Å². The van der Waals surface area contributed by atoms with E-state index >= 15 is 0 Å². The third-order valence-corrected chi connectivity index (χ3v) is 12.1. The first-order valence-electron chi connectivity index (χ1n) is 13.5. The molecular weight excluding hydrogens is 386 g/mol. The van der Waals surface area contributed by atoms with E-state index in [1.54, 1.807) is 0 Å². The number of hydrogen-bond acceptors (Lipinski definition) is 4. The van der Waals surface area contributed by atoms with Crippen LogP contribution in [0.3, 0.4) is 0 Å². The van der Waals surface area contributed by atoms with Crippen LogP contribution in [0, 0.1) is 52.8 Å². The van der Waals surface area contributed by atoms with Crippen molar-refractivity contribution in [3.05, 3.63) is 0 Å². The van der Waals surface area contributed by atoms with Gasteiger partial charge in [-0.15, -0.1) is 0 Å². The monoisotopic (exact) mass is 431 g/mol. The Hall–Kier alpha value is -0.160. The summed E-state index contributed by atoms with van der Waals surface area (Å²) in [7, 11) is 0. The predicted molar refractivity (Wildman–Crippen MR) is 121 cm³/mol. The number of aliphatic hydroxyl groups is 3. The molecule has 2 aliphatic heterocycles. The average Bonchev–Trinajstić information content (AvgIpc) is 3.03. The van der Waals surface area contributed by atoms with Gasteiger partial charge in [-0.2, -0.15) is 0 Å². The zero-order valence-corrected chi connectivity index (χ0v) is 19.9. The second kappa shape index (κ2) is 7.17. The highest BCUT2D eigenvalue weighted by Gasteiger charge is 2.67. The molecule has 0 unspecified atom stereocenters. The van der Waals surface area contributed by atoms with Gasteiger partial charge in [-0.1, -0.05) is 20.8 Å². The molecule has 0 aromatic rings. The molecule has 3 N–H and O–H groups in total. The van der Waals surface area contributed by atoms with Crippen LogP contribution in [0.4, 0.5) is 0 Å². The minimum atomic E-state index is -0.579. The van der Waals surface area contributed by atoms with Crippen molar-refractivity contribution in [2.45, 2.75) is 102 Å². The van der Waals surface area contributed by atoms with E-state index in [1.165, 1.54) is 32.4 Å². The Morgan fingerprint density at radius 1 is 0.774 bits per heavy atom. The molecule has 0 aromatic heterocycles. The molecule has 2 heterocycles. The molecule has 0 aromatic carbocycles. The van der Waals surface area contributed by atoms with Crippen LogP contribution in [0.1, 0.15) is 78.6 Å². The van der Waals surface area contributed by atoms with Crippen LogP contribution < -0.4 is 0 Å². The molecule has 4 aliphatic carbocycles. The van der Waals surface area contributed by atoms with Gasteiger partial charge in [0.25, 0.3) is 0 Å². The van der Waals surface area contributed by atoms with E-state index in [1.807, 2.05) is 0 Å². The maximum Gasteiger partial charge on any atom is 0.0711 e. The highest BCUT2D eigenvalue weighted by molar-refractivity contribution is 5.17. The summed E-state index contributed by atoms with van der Waals surface area (Å²) in [6.45, 7) is 9.76. The fraction of sp³-hybridized carbons (Fsp3) is 1.00.